The van der Waals surface area contributed by atoms with Crippen LogP contribution in [0.5, 0.6) is 11.5 Å². The number of nitriles is 1. The molecule has 5 heteroatoms. The zero-order chi connectivity index (χ0) is 13.1. The van der Waals surface area contributed by atoms with E-state index in [9.17, 15) is 8.78 Å². The Labute approximate surface area is 107 Å². The molecular weight excluding hydrogens is 260 g/mol. The normalized spacial score (nSPS) is 9.89. The number of halogens is 3. The van der Waals surface area contributed by atoms with E-state index >= 15 is 0 Å². The first-order chi connectivity index (χ1) is 8.58. The fraction of sp³-hybridized carbons (Fsp3) is 0. The minimum atomic E-state index is -0.633. The summed E-state index contributed by atoms with van der Waals surface area (Å²) < 4.78 is 31.6. The largest absolute Gasteiger partial charge is 0.457 e. The Morgan fingerprint density at radius 2 is 1.83 bits per heavy atom. The molecule has 2 nitrogen and oxygen atoms in total. The van der Waals surface area contributed by atoms with Gasteiger partial charge in [-0.25, -0.2) is 8.78 Å². The van der Waals surface area contributed by atoms with Crippen molar-refractivity contribution in [3.63, 3.8) is 0 Å². The van der Waals surface area contributed by atoms with Crippen molar-refractivity contribution in [3.8, 4) is 17.6 Å². The van der Waals surface area contributed by atoms with Crippen LogP contribution in [0.4, 0.5) is 8.78 Å². The molecule has 0 aromatic heterocycles. The average Bonchev–Trinajstić information content (AvgIpc) is 2.33. The number of nitrogens with zero attached hydrogens (tertiary/aromatic N) is 1. The van der Waals surface area contributed by atoms with Crippen molar-refractivity contribution in [2.24, 2.45) is 0 Å². The van der Waals surface area contributed by atoms with Gasteiger partial charge in [-0.1, -0.05) is 11.6 Å². The summed E-state index contributed by atoms with van der Waals surface area (Å²) >= 11 is 5.52. The molecule has 0 fully saturated rings. The maximum Gasteiger partial charge on any atom is 0.145 e. The summed E-state index contributed by atoms with van der Waals surface area (Å²) in [7, 11) is 0. The summed E-state index contributed by atoms with van der Waals surface area (Å²) in [5.41, 5.74) is 0.124. The zero-order valence-electron chi connectivity index (χ0n) is 8.95. The Kier molecular flexibility index (Phi) is 3.45. The highest BCUT2D eigenvalue weighted by Crippen LogP contribution is 2.26. The van der Waals surface area contributed by atoms with Gasteiger partial charge >= 0.3 is 0 Å². The van der Waals surface area contributed by atoms with Crippen LogP contribution in [0.25, 0.3) is 0 Å². The minimum absolute atomic E-state index is 0.0284. The van der Waals surface area contributed by atoms with Crippen LogP contribution >= 0.6 is 11.6 Å². The lowest BCUT2D eigenvalue weighted by atomic mass is 10.2. The Morgan fingerprint density at radius 3 is 2.50 bits per heavy atom. The molecule has 0 saturated carbocycles. The van der Waals surface area contributed by atoms with Crippen LogP contribution in [0, 0.1) is 23.0 Å². The van der Waals surface area contributed by atoms with Crippen molar-refractivity contribution in [2.75, 3.05) is 0 Å². The molecule has 0 N–H and O–H groups in total. The second kappa shape index (κ2) is 5.03. The van der Waals surface area contributed by atoms with E-state index in [-0.39, 0.29) is 22.1 Å². The molecule has 0 spiro atoms. The molecule has 0 radical (unpaired) electrons. The quantitative estimate of drug-likeness (QED) is 0.812. The standard InChI is InChI=1S/C13H6ClF2NO/c14-12-2-1-10(6-13(12)16)18-11-4-8(7-17)3-9(15)5-11/h1-6H. The molecule has 18 heavy (non-hydrogen) atoms. The van der Waals surface area contributed by atoms with Gasteiger partial charge in [0.1, 0.15) is 23.1 Å². The predicted molar refractivity (Wildman–Crippen MR) is 62.6 cm³/mol. The van der Waals surface area contributed by atoms with Crippen molar-refractivity contribution in [1.82, 2.24) is 0 Å². The number of ether oxygens (including phenoxy) is 1. The van der Waals surface area contributed by atoms with Crippen molar-refractivity contribution < 1.29 is 13.5 Å². The van der Waals surface area contributed by atoms with Gasteiger partial charge in [-0.3, -0.25) is 0 Å². The highest BCUT2D eigenvalue weighted by atomic mass is 35.5. The highest BCUT2D eigenvalue weighted by molar-refractivity contribution is 6.30. The third-order valence-corrected chi connectivity index (χ3v) is 2.43. The Morgan fingerprint density at radius 1 is 1.06 bits per heavy atom. The van der Waals surface area contributed by atoms with Crippen LogP contribution < -0.4 is 4.74 Å². The third kappa shape index (κ3) is 2.76. The van der Waals surface area contributed by atoms with Gasteiger partial charge in [0.05, 0.1) is 16.7 Å². The summed E-state index contributed by atoms with van der Waals surface area (Å²) in [6.45, 7) is 0. The van der Waals surface area contributed by atoms with Gasteiger partial charge < -0.3 is 4.74 Å². The Hall–Kier alpha value is -2.12. The topological polar surface area (TPSA) is 33.0 Å². The van der Waals surface area contributed by atoms with Gasteiger partial charge in [-0.15, -0.1) is 0 Å². The van der Waals surface area contributed by atoms with Gasteiger partial charge in [-0.05, 0) is 24.3 Å². The lowest BCUT2D eigenvalue weighted by molar-refractivity contribution is 0.471. The number of hydrogen-bond donors (Lipinski definition) is 0. The number of rotatable bonds is 2. The molecular formula is C13H6ClF2NO. The lowest BCUT2D eigenvalue weighted by Crippen LogP contribution is -1.88. The Balaban J connectivity index is 2.31. The van der Waals surface area contributed by atoms with E-state index in [1.165, 1.54) is 18.2 Å². The monoisotopic (exact) mass is 265 g/mol. The van der Waals surface area contributed by atoms with Crippen molar-refractivity contribution in [3.05, 3.63) is 58.6 Å². The van der Waals surface area contributed by atoms with E-state index in [4.69, 9.17) is 21.6 Å². The first-order valence-corrected chi connectivity index (χ1v) is 5.30. The summed E-state index contributed by atoms with van der Waals surface area (Å²) in [6, 6.07) is 9.20. The van der Waals surface area contributed by atoms with Crippen LogP contribution in [-0.2, 0) is 0 Å². The van der Waals surface area contributed by atoms with Gasteiger partial charge in [-0.2, -0.15) is 5.26 Å². The summed E-state index contributed by atoms with van der Waals surface area (Å²) in [6.07, 6.45) is 0. The maximum atomic E-state index is 13.2. The van der Waals surface area contributed by atoms with Crippen LogP contribution in [0.3, 0.4) is 0 Å². The number of benzene rings is 2. The van der Waals surface area contributed by atoms with Gasteiger partial charge in [0.15, 0.2) is 0 Å². The lowest BCUT2D eigenvalue weighted by Gasteiger charge is -2.06. The average molecular weight is 266 g/mol. The molecule has 0 saturated heterocycles. The molecule has 0 atom stereocenters. The van der Waals surface area contributed by atoms with E-state index in [1.54, 1.807) is 6.07 Å². The first kappa shape index (κ1) is 12.3. The zero-order valence-corrected chi connectivity index (χ0v) is 9.71. The molecule has 0 aliphatic carbocycles. The van der Waals surface area contributed by atoms with Gasteiger partial charge in [0, 0.05) is 12.1 Å². The van der Waals surface area contributed by atoms with Crippen molar-refractivity contribution in [1.29, 1.82) is 5.26 Å². The molecule has 90 valence electrons. The first-order valence-electron chi connectivity index (χ1n) is 4.92. The van der Waals surface area contributed by atoms with E-state index < -0.39 is 11.6 Å². The van der Waals surface area contributed by atoms with Gasteiger partial charge in [0.25, 0.3) is 0 Å². The molecule has 0 amide bonds. The highest BCUT2D eigenvalue weighted by Gasteiger charge is 2.05. The molecule has 0 heterocycles. The van der Waals surface area contributed by atoms with E-state index in [1.807, 2.05) is 0 Å². The smallest absolute Gasteiger partial charge is 0.145 e. The fourth-order valence-electron chi connectivity index (χ4n) is 1.36. The SMILES string of the molecule is N#Cc1cc(F)cc(Oc2ccc(Cl)c(F)c2)c1. The van der Waals surface area contributed by atoms with E-state index in [0.29, 0.717) is 0 Å². The number of hydrogen-bond acceptors (Lipinski definition) is 2. The Bertz CT molecular complexity index is 637. The molecule has 0 bridgehead atoms. The molecule has 0 aliphatic rings. The predicted octanol–water partition coefficient (Wildman–Crippen LogP) is 4.28. The van der Waals surface area contributed by atoms with Crippen LogP contribution in [0.1, 0.15) is 5.56 Å². The summed E-state index contributed by atoms with van der Waals surface area (Å²) in [5, 5.41) is 8.65. The summed E-state index contributed by atoms with van der Waals surface area (Å²) in [4.78, 5) is 0. The molecule has 0 unspecified atom stereocenters. The van der Waals surface area contributed by atoms with Crippen molar-refractivity contribution in [2.45, 2.75) is 0 Å². The molecule has 2 aromatic rings. The molecule has 2 aromatic carbocycles. The fourth-order valence-corrected chi connectivity index (χ4v) is 1.48. The van der Waals surface area contributed by atoms with Crippen LogP contribution in [0.2, 0.25) is 5.02 Å². The van der Waals surface area contributed by atoms with Crippen LogP contribution in [0.15, 0.2) is 36.4 Å². The van der Waals surface area contributed by atoms with Gasteiger partial charge in [0.2, 0.25) is 0 Å². The third-order valence-electron chi connectivity index (χ3n) is 2.13. The van der Waals surface area contributed by atoms with E-state index in [2.05, 4.69) is 0 Å². The molecule has 2 rings (SSSR count). The van der Waals surface area contributed by atoms with Crippen LogP contribution in [-0.4, -0.2) is 0 Å². The maximum absolute atomic E-state index is 13.2. The van der Waals surface area contributed by atoms with Crippen molar-refractivity contribution >= 4 is 11.6 Å². The summed E-state index contributed by atoms with van der Waals surface area (Å²) in [5.74, 6) is -0.941. The minimum Gasteiger partial charge on any atom is -0.457 e. The molecule has 0 aliphatic heterocycles. The second-order valence-corrected chi connectivity index (χ2v) is 3.87. The second-order valence-electron chi connectivity index (χ2n) is 3.47. The van der Waals surface area contributed by atoms with E-state index in [0.717, 1.165) is 18.2 Å².